The fourth-order valence-corrected chi connectivity index (χ4v) is 1.82. The number of nitrogens with zero attached hydrogens (tertiary/aromatic N) is 2. The number of benzene rings is 1. The van der Waals surface area contributed by atoms with Crippen molar-refractivity contribution >= 4 is 0 Å². The molecule has 0 aliphatic rings. The number of alkyl halides is 3. The largest absolute Gasteiger partial charge is 0.573 e. The van der Waals surface area contributed by atoms with Gasteiger partial charge in [-0.3, -0.25) is 0 Å². The molecule has 0 aliphatic heterocycles. The Morgan fingerprint density at radius 1 is 1.35 bits per heavy atom. The molecule has 2 rings (SSSR count). The molecule has 108 valence electrons. The summed E-state index contributed by atoms with van der Waals surface area (Å²) in [6.07, 6.45) is -2.92. The highest BCUT2D eigenvalue weighted by molar-refractivity contribution is 5.39. The van der Waals surface area contributed by atoms with Crippen molar-refractivity contribution in [1.29, 1.82) is 0 Å². The van der Waals surface area contributed by atoms with E-state index in [1.165, 1.54) is 22.9 Å². The Morgan fingerprint density at radius 3 is 2.75 bits per heavy atom. The molecule has 0 saturated carbocycles. The minimum Gasteiger partial charge on any atom is -0.406 e. The van der Waals surface area contributed by atoms with Crippen molar-refractivity contribution in [2.45, 2.75) is 19.8 Å². The van der Waals surface area contributed by atoms with Gasteiger partial charge in [0.25, 0.3) is 0 Å². The van der Waals surface area contributed by atoms with Gasteiger partial charge in [-0.25, -0.2) is 4.68 Å². The molecular formula is C13H14F3N3O. The Hall–Kier alpha value is -2.02. The number of aromatic nitrogens is 2. The van der Waals surface area contributed by atoms with Crippen LogP contribution in [-0.4, -0.2) is 23.2 Å². The van der Waals surface area contributed by atoms with E-state index in [0.717, 1.165) is 11.3 Å². The number of rotatable bonds is 4. The molecule has 0 atom stereocenters. The molecule has 0 aliphatic carbocycles. The SMILES string of the molecule is CNCc1cn(-c2cccc(OC(F)(F)F)c2)nc1C. The Morgan fingerprint density at radius 2 is 2.10 bits per heavy atom. The first kappa shape index (κ1) is 14.4. The van der Waals surface area contributed by atoms with Crippen LogP contribution in [0.25, 0.3) is 5.69 Å². The van der Waals surface area contributed by atoms with Gasteiger partial charge in [-0.05, 0) is 26.1 Å². The van der Waals surface area contributed by atoms with Crippen LogP contribution >= 0.6 is 0 Å². The molecule has 0 unspecified atom stereocenters. The number of aryl methyl sites for hydroxylation is 1. The zero-order chi connectivity index (χ0) is 14.8. The molecule has 20 heavy (non-hydrogen) atoms. The third-order valence-electron chi connectivity index (χ3n) is 2.68. The standard InChI is InChI=1S/C13H14F3N3O/c1-9-10(7-17-2)8-19(18-9)11-4-3-5-12(6-11)20-13(14,15)16/h3-6,8,17H,7H2,1-2H3. The fourth-order valence-electron chi connectivity index (χ4n) is 1.82. The smallest absolute Gasteiger partial charge is 0.406 e. The lowest BCUT2D eigenvalue weighted by Crippen LogP contribution is -2.17. The molecule has 0 spiro atoms. The van der Waals surface area contributed by atoms with E-state index in [4.69, 9.17) is 0 Å². The van der Waals surface area contributed by atoms with E-state index in [-0.39, 0.29) is 5.75 Å². The Labute approximate surface area is 114 Å². The molecule has 1 aromatic heterocycles. The molecular weight excluding hydrogens is 271 g/mol. The maximum Gasteiger partial charge on any atom is 0.573 e. The van der Waals surface area contributed by atoms with Gasteiger partial charge in [-0.1, -0.05) is 6.07 Å². The molecule has 0 amide bonds. The van der Waals surface area contributed by atoms with Gasteiger partial charge < -0.3 is 10.1 Å². The van der Waals surface area contributed by atoms with Crippen molar-refractivity contribution in [2.24, 2.45) is 0 Å². The average molecular weight is 285 g/mol. The first-order valence-corrected chi connectivity index (χ1v) is 5.95. The van der Waals surface area contributed by atoms with E-state index >= 15 is 0 Å². The third-order valence-corrected chi connectivity index (χ3v) is 2.68. The molecule has 0 saturated heterocycles. The molecule has 2 aromatic rings. The zero-order valence-corrected chi connectivity index (χ0v) is 11.0. The highest BCUT2D eigenvalue weighted by Crippen LogP contribution is 2.24. The van der Waals surface area contributed by atoms with Crippen molar-refractivity contribution in [3.63, 3.8) is 0 Å². The van der Waals surface area contributed by atoms with Gasteiger partial charge in [0.2, 0.25) is 0 Å². The average Bonchev–Trinajstić information content (AvgIpc) is 2.70. The lowest BCUT2D eigenvalue weighted by Gasteiger charge is -2.09. The molecule has 1 heterocycles. The van der Waals surface area contributed by atoms with Crippen LogP contribution in [0.2, 0.25) is 0 Å². The van der Waals surface area contributed by atoms with Crippen molar-refractivity contribution in [1.82, 2.24) is 15.1 Å². The maximum atomic E-state index is 12.2. The van der Waals surface area contributed by atoms with Gasteiger partial charge in [0.15, 0.2) is 0 Å². The summed E-state index contributed by atoms with van der Waals surface area (Å²) >= 11 is 0. The topological polar surface area (TPSA) is 39.1 Å². The van der Waals surface area contributed by atoms with Crippen molar-refractivity contribution in [3.05, 3.63) is 41.7 Å². The number of ether oxygens (including phenoxy) is 1. The van der Waals surface area contributed by atoms with Crippen molar-refractivity contribution in [2.75, 3.05) is 7.05 Å². The van der Waals surface area contributed by atoms with E-state index < -0.39 is 6.36 Å². The summed E-state index contributed by atoms with van der Waals surface area (Å²) in [7, 11) is 1.81. The van der Waals surface area contributed by atoms with E-state index in [1.54, 1.807) is 12.3 Å². The van der Waals surface area contributed by atoms with Crippen molar-refractivity contribution in [3.8, 4) is 11.4 Å². The monoisotopic (exact) mass is 285 g/mol. The molecule has 0 radical (unpaired) electrons. The lowest BCUT2D eigenvalue weighted by atomic mass is 10.2. The molecule has 0 fully saturated rings. The van der Waals surface area contributed by atoms with Crippen LogP contribution in [-0.2, 0) is 6.54 Å². The number of nitrogens with one attached hydrogen (secondary N) is 1. The summed E-state index contributed by atoms with van der Waals surface area (Å²) < 4.78 is 42.0. The minimum absolute atomic E-state index is 0.265. The normalized spacial score (nSPS) is 11.7. The zero-order valence-electron chi connectivity index (χ0n) is 11.0. The van der Waals surface area contributed by atoms with Gasteiger partial charge in [0.05, 0.1) is 11.4 Å². The number of hydrogen-bond donors (Lipinski definition) is 1. The van der Waals surface area contributed by atoms with Gasteiger partial charge in [-0.15, -0.1) is 13.2 Å². The first-order chi connectivity index (χ1) is 9.39. The summed E-state index contributed by atoms with van der Waals surface area (Å²) in [6, 6.07) is 5.70. The lowest BCUT2D eigenvalue weighted by molar-refractivity contribution is -0.274. The van der Waals surface area contributed by atoms with E-state index in [0.29, 0.717) is 12.2 Å². The van der Waals surface area contributed by atoms with Crippen LogP contribution in [0.3, 0.4) is 0 Å². The van der Waals surface area contributed by atoms with Gasteiger partial charge in [0.1, 0.15) is 5.75 Å². The summed E-state index contributed by atoms with van der Waals surface area (Å²) in [4.78, 5) is 0. The number of halogens is 3. The van der Waals surface area contributed by atoms with Crippen LogP contribution < -0.4 is 10.1 Å². The second-order valence-corrected chi connectivity index (χ2v) is 4.26. The van der Waals surface area contributed by atoms with Gasteiger partial charge in [0, 0.05) is 24.4 Å². The fraction of sp³-hybridized carbons (Fsp3) is 0.308. The van der Waals surface area contributed by atoms with Gasteiger partial charge in [-0.2, -0.15) is 5.10 Å². The Balaban J connectivity index is 2.29. The van der Waals surface area contributed by atoms with E-state index in [2.05, 4.69) is 15.2 Å². The van der Waals surface area contributed by atoms with E-state index in [9.17, 15) is 13.2 Å². The summed E-state index contributed by atoms with van der Waals surface area (Å²) in [5, 5.41) is 7.28. The Kier molecular flexibility index (Phi) is 3.99. The Bertz CT molecular complexity index is 593. The predicted octanol–water partition coefficient (Wildman–Crippen LogP) is 2.80. The van der Waals surface area contributed by atoms with Crippen LogP contribution in [0.15, 0.2) is 30.5 Å². The second kappa shape index (κ2) is 5.54. The molecule has 0 bridgehead atoms. The molecule has 7 heteroatoms. The van der Waals surface area contributed by atoms with Crippen LogP contribution in [0.4, 0.5) is 13.2 Å². The summed E-state index contributed by atoms with van der Waals surface area (Å²) in [6.45, 7) is 2.49. The second-order valence-electron chi connectivity index (χ2n) is 4.26. The quantitative estimate of drug-likeness (QED) is 0.939. The van der Waals surface area contributed by atoms with Gasteiger partial charge >= 0.3 is 6.36 Å². The van der Waals surface area contributed by atoms with Crippen molar-refractivity contribution < 1.29 is 17.9 Å². The minimum atomic E-state index is -4.70. The molecule has 1 aromatic carbocycles. The van der Waals surface area contributed by atoms with Crippen LogP contribution in [0.5, 0.6) is 5.75 Å². The maximum absolute atomic E-state index is 12.2. The van der Waals surface area contributed by atoms with Crippen LogP contribution in [0, 0.1) is 6.92 Å². The third kappa shape index (κ3) is 3.51. The highest BCUT2D eigenvalue weighted by Gasteiger charge is 2.31. The molecule has 1 N–H and O–H groups in total. The first-order valence-electron chi connectivity index (χ1n) is 5.95. The van der Waals surface area contributed by atoms with Crippen LogP contribution in [0.1, 0.15) is 11.3 Å². The summed E-state index contributed by atoms with van der Waals surface area (Å²) in [5.41, 5.74) is 2.31. The highest BCUT2D eigenvalue weighted by atomic mass is 19.4. The van der Waals surface area contributed by atoms with E-state index in [1.807, 2.05) is 14.0 Å². The summed E-state index contributed by atoms with van der Waals surface area (Å²) in [5.74, 6) is -0.265. The number of hydrogen-bond acceptors (Lipinski definition) is 3. The predicted molar refractivity (Wildman–Crippen MR) is 67.7 cm³/mol. The molecule has 4 nitrogen and oxygen atoms in total.